The summed E-state index contributed by atoms with van der Waals surface area (Å²) in [6.07, 6.45) is -3.93. The van der Waals surface area contributed by atoms with E-state index in [1.807, 2.05) is 0 Å². The maximum Gasteiger partial charge on any atom is 0.701 e. The molecule has 0 saturated carbocycles. The number of hydrogen-bond donors (Lipinski definition) is 1. The highest BCUT2D eigenvalue weighted by molar-refractivity contribution is 9.10. The minimum atomic E-state index is -3.93. The Kier molecular flexibility index (Phi) is 6.85. The number of halogens is 3. The average molecular weight is 451 g/mol. The Hall–Kier alpha value is -1.84. The molecule has 0 amide bonds. The van der Waals surface area contributed by atoms with Gasteiger partial charge in [0.15, 0.2) is 0 Å². The standard InChI is InChI=1S/C15H11BrF2NO6P/c16-14-7-11(4-5-13(14)15(17,18)25-26(22)23)9-24-8-10-2-1-3-12(6-10)19(20)21/h1-7H,8-9H2/p+1. The summed E-state index contributed by atoms with van der Waals surface area (Å²) in [5.41, 5.74) is 0.497. The van der Waals surface area contributed by atoms with E-state index in [9.17, 15) is 23.5 Å². The summed E-state index contributed by atoms with van der Waals surface area (Å²) in [6.45, 7) is 0.174. The summed E-state index contributed by atoms with van der Waals surface area (Å²) >= 11 is 2.97. The van der Waals surface area contributed by atoms with Crippen LogP contribution in [-0.4, -0.2) is 9.82 Å². The molecule has 2 rings (SSSR count). The molecule has 0 aliphatic heterocycles. The number of nitro groups is 1. The maximum absolute atomic E-state index is 13.7. The Morgan fingerprint density at radius 1 is 1.19 bits per heavy atom. The highest BCUT2D eigenvalue weighted by atomic mass is 79.9. The molecule has 0 spiro atoms. The molecule has 138 valence electrons. The van der Waals surface area contributed by atoms with E-state index in [2.05, 4.69) is 20.5 Å². The smallest absolute Gasteiger partial charge is 0.372 e. The molecule has 0 aliphatic carbocycles. The van der Waals surface area contributed by atoms with Gasteiger partial charge in [0.25, 0.3) is 5.69 Å². The quantitative estimate of drug-likeness (QED) is 0.352. The van der Waals surface area contributed by atoms with Crippen LogP contribution in [0.1, 0.15) is 16.7 Å². The Bertz CT molecular complexity index is 836. The molecule has 0 bridgehead atoms. The lowest BCUT2D eigenvalue weighted by atomic mass is 10.1. The molecule has 26 heavy (non-hydrogen) atoms. The van der Waals surface area contributed by atoms with E-state index in [0.29, 0.717) is 11.1 Å². The number of rotatable bonds is 8. The van der Waals surface area contributed by atoms with Gasteiger partial charge in [-0.3, -0.25) is 10.1 Å². The Balaban J connectivity index is 2.01. The summed E-state index contributed by atoms with van der Waals surface area (Å²) in [5.74, 6) is 0. The molecule has 1 atom stereocenters. The average Bonchev–Trinajstić information content (AvgIpc) is 2.53. The second kappa shape index (κ2) is 8.70. The van der Waals surface area contributed by atoms with E-state index >= 15 is 0 Å². The molecule has 1 unspecified atom stereocenters. The van der Waals surface area contributed by atoms with E-state index in [1.165, 1.54) is 30.3 Å². The third-order valence-corrected chi connectivity index (χ3v) is 4.24. The number of ether oxygens (including phenoxy) is 1. The van der Waals surface area contributed by atoms with Gasteiger partial charge in [-0.05, 0) is 27.8 Å². The van der Waals surface area contributed by atoms with Crippen molar-refractivity contribution in [2.45, 2.75) is 19.3 Å². The molecule has 0 saturated heterocycles. The van der Waals surface area contributed by atoms with Gasteiger partial charge in [0.2, 0.25) is 0 Å². The van der Waals surface area contributed by atoms with Crippen molar-refractivity contribution in [3.05, 3.63) is 73.7 Å². The maximum atomic E-state index is 13.7. The van der Waals surface area contributed by atoms with Crippen molar-refractivity contribution >= 4 is 29.9 Å². The van der Waals surface area contributed by atoms with Crippen molar-refractivity contribution in [1.29, 1.82) is 0 Å². The molecule has 0 radical (unpaired) electrons. The highest BCUT2D eigenvalue weighted by Crippen LogP contribution is 2.41. The lowest BCUT2D eigenvalue weighted by molar-refractivity contribution is -0.385. The molecule has 0 aliphatic rings. The lowest BCUT2D eigenvalue weighted by Crippen LogP contribution is -2.15. The zero-order chi connectivity index (χ0) is 19.3. The summed E-state index contributed by atoms with van der Waals surface area (Å²) in [7, 11) is -3.47. The largest absolute Gasteiger partial charge is 0.701 e. The van der Waals surface area contributed by atoms with Gasteiger partial charge in [-0.2, -0.15) is 8.78 Å². The van der Waals surface area contributed by atoms with E-state index in [4.69, 9.17) is 9.63 Å². The summed E-state index contributed by atoms with van der Waals surface area (Å²) in [5, 5.41) is 10.7. The molecular weight excluding hydrogens is 439 g/mol. The highest BCUT2D eigenvalue weighted by Gasteiger charge is 2.44. The number of benzene rings is 2. The fourth-order valence-corrected chi connectivity index (χ4v) is 3.03. The van der Waals surface area contributed by atoms with Crippen molar-refractivity contribution in [2.75, 3.05) is 0 Å². The zero-order valence-corrected chi connectivity index (χ0v) is 15.5. The van der Waals surface area contributed by atoms with Crippen LogP contribution in [0.2, 0.25) is 0 Å². The van der Waals surface area contributed by atoms with Gasteiger partial charge in [0.05, 0.1) is 23.7 Å². The second-order valence-corrected chi connectivity index (χ2v) is 6.59. The Labute approximate surface area is 155 Å². The van der Waals surface area contributed by atoms with Crippen molar-refractivity contribution in [3.63, 3.8) is 0 Å². The van der Waals surface area contributed by atoms with Gasteiger partial charge in [-0.1, -0.05) is 34.1 Å². The predicted molar refractivity (Wildman–Crippen MR) is 90.5 cm³/mol. The molecule has 11 heteroatoms. The predicted octanol–water partition coefficient (Wildman–Crippen LogP) is 4.79. The fraction of sp³-hybridized carbons (Fsp3) is 0.200. The first kappa shape index (κ1) is 20.5. The Morgan fingerprint density at radius 2 is 1.85 bits per heavy atom. The summed E-state index contributed by atoms with van der Waals surface area (Å²) in [4.78, 5) is 18.7. The van der Waals surface area contributed by atoms with Crippen LogP contribution in [0, 0.1) is 10.1 Å². The molecule has 2 aromatic rings. The normalized spacial score (nSPS) is 12.1. The van der Waals surface area contributed by atoms with Gasteiger partial charge >= 0.3 is 14.4 Å². The second-order valence-electron chi connectivity index (χ2n) is 5.08. The first-order valence-electron chi connectivity index (χ1n) is 7.02. The van der Waals surface area contributed by atoms with E-state index < -0.39 is 24.9 Å². The molecule has 1 N–H and O–H groups in total. The first-order chi connectivity index (χ1) is 12.2. The molecule has 0 heterocycles. The monoisotopic (exact) mass is 450 g/mol. The molecule has 0 fully saturated rings. The van der Waals surface area contributed by atoms with Crippen LogP contribution < -0.4 is 0 Å². The van der Waals surface area contributed by atoms with Crippen LogP contribution in [0.25, 0.3) is 0 Å². The summed E-state index contributed by atoms with van der Waals surface area (Å²) in [6, 6.07) is 9.72. The number of non-ortho nitro benzene ring substituents is 1. The number of alkyl halides is 2. The van der Waals surface area contributed by atoms with Gasteiger partial charge in [-0.15, -0.1) is 4.89 Å². The summed E-state index contributed by atoms with van der Waals surface area (Å²) < 4.78 is 47.0. The number of nitro benzene ring substituents is 1. The van der Waals surface area contributed by atoms with Crippen molar-refractivity contribution in [1.82, 2.24) is 0 Å². The van der Waals surface area contributed by atoms with Crippen LogP contribution in [0.15, 0.2) is 46.9 Å². The van der Waals surface area contributed by atoms with Crippen molar-refractivity contribution in [3.8, 4) is 0 Å². The van der Waals surface area contributed by atoms with Crippen LogP contribution in [-0.2, 0) is 33.1 Å². The van der Waals surface area contributed by atoms with Gasteiger partial charge in [0.1, 0.15) is 0 Å². The van der Waals surface area contributed by atoms with E-state index in [-0.39, 0.29) is 23.4 Å². The van der Waals surface area contributed by atoms with Crippen molar-refractivity contribution < 1.29 is 32.4 Å². The van der Waals surface area contributed by atoms with Crippen LogP contribution >= 0.6 is 24.2 Å². The van der Waals surface area contributed by atoms with Gasteiger partial charge < -0.3 is 4.74 Å². The zero-order valence-electron chi connectivity index (χ0n) is 13.0. The SMILES string of the molecule is O=[N+]([O-])c1cccc(COCc2ccc(C(F)(F)O[P+](=O)O)c(Br)c2)c1. The molecule has 2 aromatic carbocycles. The van der Waals surface area contributed by atoms with Crippen LogP contribution in [0.3, 0.4) is 0 Å². The third-order valence-electron chi connectivity index (χ3n) is 3.20. The minimum Gasteiger partial charge on any atom is -0.372 e. The van der Waals surface area contributed by atoms with E-state index in [1.54, 1.807) is 6.07 Å². The Morgan fingerprint density at radius 3 is 2.42 bits per heavy atom. The van der Waals surface area contributed by atoms with Crippen molar-refractivity contribution in [2.24, 2.45) is 0 Å². The fourth-order valence-electron chi connectivity index (χ4n) is 2.08. The topological polar surface area (TPSA) is 98.9 Å². The lowest BCUT2D eigenvalue weighted by Gasteiger charge is -2.12. The number of nitrogens with zero attached hydrogens (tertiary/aromatic N) is 1. The van der Waals surface area contributed by atoms with Gasteiger partial charge in [-0.25, -0.2) is 0 Å². The molecule has 0 aromatic heterocycles. The minimum absolute atomic E-state index is 0.0178. The number of hydrogen-bond acceptors (Lipinski definition) is 5. The third kappa shape index (κ3) is 5.58. The molecule has 7 nitrogen and oxygen atoms in total. The molecular formula is C15H12BrF2NO6P+. The first-order valence-corrected chi connectivity index (χ1v) is 8.94. The van der Waals surface area contributed by atoms with Crippen LogP contribution in [0.5, 0.6) is 0 Å². The van der Waals surface area contributed by atoms with Gasteiger partial charge in [0, 0.05) is 21.2 Å². The van der Waals surface area contributed by atoms with E-state index in [0.717, 1.165) is 6.07 Å². The van der Waals surface area contributed by atoms with Crippen LogP contribution in [0.4, 0.5) is 14.5 Å².